The van der Waals surface area contributed by atoms with Crippen molar-refractivity contribution in [3.05, 3.63) is 47.3 Å². The van der Waals surface area contributed by atoms with E-state index in [1.165, 1.54) is 19.8 Å². The molecule has 4 N–H and O–H groups in total. The van der Waals surface area contributed by atoms with Gasteiger partial charge in [-0.05, 0) is 37.0 Å². The zero-order valence-corrected chi connectivity index (χ0v) is 20.7. The van der Waals surface area contributed by atoms with Gasteiger partial charge in [-0.25, -0.2) is 9.37 Å². The monoisotopic (exact) mass is 494 g/mol. The van der Waals surface area contributed by atoms with Crippen LogP contribution in [-0.2, 0) is 11.2 Å². The summed E-state index contributed by atoms with van der Waals surface area (Å²) < 4.78 is 25.6. The third-order valence-electron chi connectivity index (χ3n) is 7.38. The molecular weight excluding hydrogens is 463 g/mol. The zero-order valence-electron chi connectivity index (χ0n) is 20.7. The first-order valence-electron chi connectivity index (χ1n) is 12.1. The number of hydrogen-bond donors (Lipinski definition) is 2. The summed E-state index contributed by atoms with van der Waals surface area (Å²) in [5.41, 5.74) is 15.1. The van der Waals surface area contributed by atoms with Crippen LogP contribution < -0.4 is 25.8 Å². The van der Waals surface area contributed by atoms with Crippen molar-refractivity contribution in [3.8, 4) is 11.5 Å². The lowest BCUT2D eigenvalue weighted by Gasteiger charge is -2.42. The van der Waals surface area contributed by atoms with E-state index in [0.717, 1.165) is 18.4 Å². The molecule has 0 bridgehead atoms. The number of fused-ring (bicyclic) bond motifs is 2. The molecule has 0 unspecified atom stereocenters. The Kier molecular flexibility index (Phi) is 6.29. The van der Waals surface area contributed by atoms with Crippen molar-refractivity contribution in [2.24, 2.45) is 11.7 Å². The van der Waals surface area contributed by atoms with Crippen molar-refractivity contribution in [2.45, 2.75) is 31.8 Å². The predicted molar refractivity (Wildman–Crippen MR) is 136 cm³/mol. The van der Waals surface area contributed by atoms with Crippen LogP contribution in [0.5, 0.6) is 11.5 Å². The number of methoxy groups -OCH3 is 2. The van der Waals surface area contributed by atoms with E-state index in [1.54, 1.807) is 6.07 Å². The number of carbonyl (C=O) groups excluding carboxylic acids is 1. The Balaban J connectivity index is 1.37. The quantitative estimate of drug-likeness (QED) is 0.568. The van der Waals surface area contributed by atoms with Crippen molar-refractivity contribution >= 4 is 28.6 Å². The van der Waals surface area contributed by atoms with Gasteiger partial charge in [-0.2, -0.15) is 4.98 Å². The molecule has 190 valence electrons. The Labute approximate surface area is 209 Å². The number of nitrogens with zero attached hydrogens (tertiary/aromatic N) is 4. The van der Waals surface area contributed by atoms with Crippen LogP contribution in [-0.4, -0.2) is 60.7 Å². The maximum atomic E-state index is 15.2. The first kappa shape index (κ1) is 24.1. The van der Waals surface area contributed by atoms with Crippen molar-refractivity contribution in [3.63, 3.8) is 0 Å². The standard InChI is InChI=1S/C26H31FN6O3/c1-14-13-32(25(34)17-9-8-15-6-4-5-7-16(15)21(17)28)10-11-33(14)26-30-22-18(24(29)31-26)12-19(35-2)23(36-3)20(22)27/h4-7,12,14,17,21H,8-11,13,28H2,1-3H3,(H2,29,30,31)/t14-,17+,21-/m0/s1. The molecule has 3 atom stereocenters. The van der Waals surface area contributed by atoms with Crippen molar-refractivity contribution in [1.82, 2.24) is 14.9 Å². The molecule has 0 saturated carbocycles. The van der Waals surface area contributed by atoms with Gasteiger partial charge in [0.05, 0.1) is 20.1 Å². The van der Waals surface area contributed by atoms with Gasteiger partial charge in [0.15, 0.2) is 17.3 Å². The fraction of sp³-hybridized carbons (Fsp3) is 0.423. The Morgan fingerprint density at radius 3 is 2.67 bits per heavy atom. The van der Waals surface area contributed by atoms with E-state index in [4.69, 9.17) is 20.9 Å². The molecule has 2 aliphatic rings. The van der Waals surface area contributed by atoms with Crippen LogP contribution in [0.1, 0.15) is 30.5 Å². The third-order valence-corrected chi connectivity index (χ3v) is 7.38. The molecule has 1 saturated heterocycles. The molecule has 1 fully saturated rings. The molecule has 9 nitrogen and oxygen atoms in total. The highest BCUT2D eigenvalue weighted by molar-refractivity contribution is 5.92. The molecule has 0 spiro atoms. The smallest absolute Gasteiger partial charge is 0.228 e. The van der Waals surface area contributed by atoms with Crippen LogP contribution in [0.25, 0.3) is 10.9 Å². The molecule has 10 heteroatoms. The number of hydrogen-bond acceptors (Lipinski definition) is 8. The second-order valence-corrected chi connectivity index (χ2v) is 9.43. The maximum Gasteiger partial charge on any atom is 0.228 e. The number of piperazine rings is 1. The molecule has 1 aliphatic heterocycles. The van der Waals surface area contributed by atoms with Crippen molar-refractivity contribution in [1.29, 1.82) is 0 Å². The predicted octanol–water partition coefficient (Wildman–Crippen LogP) is 2.67. The lowest BCUT2D eigenvalue weighted by molar-refractivity contribution is -0.137. The molecule has 1 aromatic heterocycles. The number of ether oxygens (including phenoxy) is 2. The van der Waals surface area contributed by atoms with Gasteiger partial charge in [-0.1, -0.05) is 24.3 Å². The summed E-state index contributed by atoms with van der Waals surface area (Å²) in [5.74, 6) is -0.192. The van der Waals surface area contributed by atoms with Crippen LogP contribution in [0.2, 0.25) is 0 Å². The first-order chi connectivity index (χ1) is 17.3. The largest absolute Gasteiger partial charge is 0.493 e. The Hall–Kier alpha value is -3.66. The molecule has 2 heterocycles. The molecule has 2 aromatic carbocycles. The number of aromatic nitrogens is 2. The number of nitrogen functional groups attached to an aromatic ring is 1. The van der Waals surface area contributed by atoms with Crippen LogP contribution in [0.4, 0.5) is 16.2 Å². The molecular formula is C26H31FN6O3. The van der Waals surface area contributed by atoms with E-state index in [9.17, 15) is 4.79 Å². The van der Waals surface area contributed by atoms with Crippen LogP contribution in [0.15, 0.2) is 30.3 Å². The van der Waals surface area contributed by atoms with E-state index in [-0.39, 0.29) is 46.7 Å². The molecule has 1 amide bonds. The highest BCUT2D eigenvalue weighted by atomic mass is 19.1. The normalized spacial score (nSPS) is 21.9. The summed E-state index contributed by atoms with van der Waals surface area (Å²) in [6.45, 7) is 3.46. The number of nitrogens with two attached hydrogens (primary N) is 2. The summed E-state index contributed by atoms with van der Waals surface area (Å²) in [6.07, 6.45) is 1.58. The van der Waals surface area contributed by atoms with Gasteiger partial charge in [-0.3, -0.25) is 4.79 Å². The Bertz CT molecular complexity index is 1320. The van der Waals surface area contributed by atoms with Crippen LogP contribution in [0, 0.1) is 11.7 Å². The van der Waals surface area contributed by atoms with Gasteiger partial charge in [0, 0.05) is 37.1 Å². The van der Waals surface area contributed by atoms with Crippen molar-refractivity contribution < 1.29 is 18.7 Å². The number of amides is 1. The minimum Gasteiger partial charge on any atom is -0.493 e. The van der Waals surface area contributed by atoms with Crippen LogP contribution >= 0.6 is 0 Å². The number of carbonyl (C=O) groups is 1. The van der Waals surface area contributed by atoms with E-state index in [1.807, 2.05) is 34.9 Å². The zero-order chi connectivity index (χ0) is 25.6. The van der Waals surface area contributed by atoms with Gasteiger partial charge < -0.3 is 30.7 Å². The molecule has 36 heavy (non-hydrogen) atoms. The fourth-order valence-corrected chi connectivity index (χ4v) is 5.43. The molecule has 0 radical (unpaired) electrons. The Morgan fingerprint density at radius 1 is 1.17 bits per heavy atom. The summed E-state index contributed by atoms with van der Waals surface area (Å²) in [5, 5.41) is 0.349. The average Bonchev–Trinajstić information content (AvgIpc) is 2.88. The van der Waals surface area contributed by atoms with E-state index < -0.39 is 5.82 Å². The van der Waals surface area contributed by atoms with Gasteiger partial charge in [0.1, 0.15) is 11.3 Å². The average molecular weight is 495 g/mol. The first-order valence-corrected chi connectivity index (χ1v) is 12.1. The van der Waals surface area contributed by atoms with Gasteiger partial charge in [-0.15, -0.1) is 0 Å². The van der Waals surface area contributed by atoms with Crippen LogP contribution in [0.3, 0.4) is 0 Å². The van der Waals surface area contributed by atoms with E-state index >= 15 is 4.39 Å². The topological polar surface area (TPSA) is 120 Å². The lowest BCUT2D eigenvalue weighted by atomic mass is 9.79. The minimum absolute atomic E-state index is 0.0390. The van der Waals surface area contributed by atoms with Crippen molar-refractivity contribution in [2.75, 3.05) is 44.5 Å². The summed E-state index contributed by atoms with van der Waals surface area (Å²) in [6, 6.07) is 9.24. The number of anilines is 2. The van der Waals surface area contributed by atoms with Gasteiger partial charge >= 0.3 is 0 Å². The summed E-state index contributed by atoms with van der Waals surface area (Å²) in [4.78, 5) is 26.2. The second kappa shape index (κ2) is 9.42. The summed E-state index contributed by atoms with van der Waals surface area (Å²) >= 11 is 0. The molecule has 1 aliphatic carbocycles. The lowest BCUT2D eigenvalue weighted by Crippen LogP contribution is -2.56. The number of rotatable bonds is 4. The highest BCUT2D eigenvalue weighted by Crippen LogP contribution is 2.38. The third kappa shape index (κ3) is 3.95. The highest BCUT2D eigenvalue weighted by Gasteiger charge is 2.37. The van der Waals surface area contributed by atoms with Gasteiger partial charge in [0.2, 0.25) is 11.9 Å². The fourth-order valence-electron chi connectivity index (χ4n) is 5.43. The SMILES string of the molecule is COc1cc2c(N)nc(N3CCN(C(=O)[C@@H]4CCc5ccccc5[C@@H]4N)C[C@@H]3C)nc2c(F)c1OC. The number of halogens is 1. The summed E-state index contributed by atoms with van der Waals surface area (Å²) in [7, 11) is 2.79. The minimum atomic E-state index is -0.657. The van der Waals surface area contributed by atoms with E-state index in [0.29, 0.717) is 31.0 Å². The maximum absolute atomic E-state index is 15.2. The second-order valence-electron chi connectivity index (χ2n) is 9.43. The number of aryl methyl sites for hydroxylation is 1. The Morgan fingerprint density at radius 2 is 1.94 bits per heavy atom. The number of benzene rings is 2. The molecule has 3 aromatic rings. The van der Waals surface area contributed by atoms with Gasteiger partial charge in [0.25, 0.3) is 0 Å². The van der Waals surface area contributed by atoms with E-state index in [2.05, 4.69) is 16.0 Å². The molecule has 5 rings (SSSR count).